The molecule has 1 saturated heterocycles. The number of ether oxygens (including phenoxy) is 1. The van der Waals surface area contributed by atoms with E-state index in [0.29, 0.717) is 12.1 Å². The molecule has 150 valence electrons. The molecule has 6 heteroatoms. The van der Waals surface area contributed by atoms with Crippen molar-refractivity contribution in [3.05, 3.63) is 77.9 Å². The summed E-state index contributed by atoms with van der Waals surface area (Å²) in [6, 6.07) is 14.6. The van der Waals surface area contributed by atoms with Gasteiger partial charge in [-0.3, -0.25) is 9.69 Å². The van der Waals surface area contributed by atoms with Crippen LogP contribution in [-0.2, 0) is 6.54 Å². The number of carbonyl (C=O) groups is 1. The molecule has 0 saturated carbocycles. The molecule has 0 spiro atoms. The summed E-state index contributed by atoms with van der Waals surface area (Å²) in [6.07, 6.45) is 5.47. The summed E-state index contributed by atoms with van der Waals surface area (Å²) < 4.78 is 20.8. The Bertz CT molecular complexity index is 970. The molecule has 1 aliphatic heterocycles. The molecule has 0 radical (unpaired) electrons. The summed E-state index contributed by atoms with van der Waals surface area (Å²) in [7, 11) is 1.42. The molecule has 2 heterocycles. The Hall–Kier alpha value is -2.99. The molecular formula is C23H24FN3O2. The first-order valence-corrected chi connectivity index (χ1v) is 9.83. The van der Waals surface area contributed by atoms with E-state index in [0.717, 1.165) is 31.6 Å². The molecule has 3 aromatic rings. The molecule has 0 N–H and O–H groups in total. The maximum Gasteiger partial charge on any atom is 0.167 e. The molecule has 1 fully saturated rings. The number of nitrogens with zero attached hydrogens (tertiary/aromatic N) is 3. The number of aromatic nitrogens is 2. The van der Waals surface area contributed by atoms with Gasteiger partial charge < -0.3 is 4.74 Å². The van der Waals surface area contributed by atoms with Gasteiger partial charge in [-0.05, 0) is 61.3 Å². The summed E-state index contributed by atoms with van der Waals surface area (Å²) in [5.41, 5.74) is 2.63. The second kappa shape index (κ2) is 8.57. The van der Waals surface area contributed by atoms with E-state index in [9.17, 15) is 9.18 Å². The molecule has 4 rings (SSSR count). The van der Waals surface area contributed by atoms with Gasteiger partial charge in [-0.15, -0.1) is 0 Å². The van der Waals surface area contributed by atoms with Crippen LogP contribution in [0.4, 0.5) is 4.39 Å². The van der Waals surface area contributed by atoms with Crippen LogP contribution in [0.2, 0.25) is 0 Å². The van der Waals surface area contributed by atoms with Crippen molar-refractivity contribution in [2.24, 2.45) is 5.92 Å². The smallest absolute Gasteiger partial charge is 0.167 e. The number of hydrogen-bond donors (Lipinski definition) is 0. The van der Waals surface area contributed by atoms with Crippen molar-refractivity contribution in [2.75, 3.05) is 20.2 Å². The van der Waals surface area contributed by atoms with E-state index in [1.807, 2.05) is 16.9 Å². The number of rotatable bonds is 6. The lowest BCUT2D eigenvalue weighted by molar-refractivity contribution is 0.0811. The first kappa shape index (κ1) is 19.3. The molecule has 0 bridgehead atoms. The molecule has 29 heavy (non-hydrogen) atoms. The highest BCUT2D eigenvalue weighted by Gasteiger charge is 2.27. The van der Waals surface area contributed by atoms with Crippen molar-refractivity contribution in [1.29, 1.82) is 0 Å². The summed E-state index contributed by atoms with van der Waals surface area (Å²) in [5.74, 6) is -0.446. The summed E-state index contributed by atoms with van der Waals surface area (Å²) in [6.45, 7) is 2.44. The first-order valence-electron chi connectivity index (χ1n) is 9.83. The van der Waals surface area contributed by atoms with Crippen molar-refractivity contribution in [3.63, 3.8) is 0 Å². The number of Topliss-reactive ketones (excluding diaryl/α,β-unsaturated/α-hetero) is 1. The highest BCUT2D eigenvalue weighted by molar-refractivity contribution is 5.98. The number of carbonyl (C=O) groups excluding carboxylic acids is 1. The van der Waals surface area contributed by atoms with Crippen LogP contribution in [0.3, 0.4) is 0 Å². The van der Waals surface area contributed by atoms with Crippen LogP contribution < -0.4 is 4.74 Å². The predicted molar refractivity (Wildman–Crippen MR) is 109 cm³/mol. The average molecular weight is 393 g/mol. The summed E-state index contributed by atoms with van der Waals surface area (Å²) in [4.78, 5) is 15.2. The van der Waals surface area contributed by atoms with E-state index in [1.165, 1.54) is 24.8 Å². The lowest BCUT2D eigenvalue weighted by Gasteiger charge is -2.32. The van der Waals surface area contributed by atoms with Gasteiger partial charge in [-0.2, -0.15) is 5.10 Å². The number of halogens is 1. The Labute approximate surface area is 169 Å². The Morgan fingerprint density at radius 1 is 1.24 bits per heavy atom. The first-order chi connectivity index (χ1) is 14.1. The molecular weight excluding hydrogens is 369 g/mol. The van der Waals surface area contributed by atoms with Gasteiger partial charge >= 0.3 is 0 Å². The molecule has 1 aliphatic rings. The summed E-state index contributed by atoms with van der Waals surface area (Å²) in [5, 5.41) is 4.24. The molecule has 1 atom stereocenters. The Balaban J connectivity index is 1.40. The molecule has 0 amide bonds. The molecule has 2 aromatic carbocycles. The van der Waals surface area contributed by atoms with Gasteiger partial charge in [0, 0.05) is 37.0 Å². The molecule has 0 aliphatic carbocycles. The monoisotopic (exact) mass is 393 g/mol. The van der Waals surface area contributed by atoms with Gasteiger partial charge in [0.1, 0.15) is 0 Å². The fourth-order valence-electron chi connectivity index (χ4n) is 3.90. The quantitative estimate of drug-likeness (QED) is 0.591. The SMILES string of the molecule is COc1ccc(C(=O)[C@@H]2CCCN(Cc3ccc(-n4cccn4)cc3)C2)cc1F. The van der Waals surface area contributed by atoms with Crippen molar-refractivity contribution in [2.45, 2.75) is 19.4 Å². The van der Waals surface area contributed by atoms with E-state index in [-0.39, 0.29) is 17.5 Å². The van der Waals surface area contributed by atoms with Gasteiger partial charge in [0.15, 0.2) is 17.3 Å². The number of likely N-dealkylation sites (tertiary alicyclic amines) is 1. The Morgan fingerprint density at radius 3 is 2.76 bits per heavy atom. The van der Waals surface area contributed by atoms with Crippen LogP contribution >= 0.6 is 0 Å². The van der Waals surface area contributed by atoms with Crippen LogP contribution in [0.5, 0.6) is 5.75 Å². The largest absolute Gasteiger partial charge is 0.494 e. The maximum absolute atomic E-state index is 14.0. The number of piperidine rings is 1. The van der Waals surface area contributed by atoms with Crippen molar-refractivity contribution in [1.82, 2.24) is 14.7 Å². The van der Waals surface area contributed by atoms with Gasteiger partial charge in [0.05, 0.1) is 12.8 Å². The zero-order valence-corrected chi connectivity index (χ0v) is 16.4. The standard InChI is InChI=1S/C23H24FN3O2/c1-29-22-10-7-18(14-21(22)24)23(28)19-4-2-12-26(16-19)15-17-5-8-20(9-6-17)27-13-3-11-25-27/h3,5-11,13-14,19H,2,4,12,15-16H2,1H3/t19-/m1/s1. The number of ketones is 1. The van der Waals surface area contributed by atoms with E-state index in [4.69, 9.17) is 4.74 Å². The zero-order valence-electron chi connectivity index (χ0n) is 16.4. The van der Waals surface area contributed by atoms with E-state index < -0.39 is 5.82 Å². The Morgan fingerprint density at radius 2 is 2.07 bits per heavy atom. The third-order valence-corrected chi connectivity index (χ3v) is 5.42. The number of benzene rings is 2. The normalized spacial score (nSPS) is 17.2. The number of methoxy groups -OCH3 is 1. The van der Waals surface area contributed by atoms with E-state index in [1.54, 1.807) is 12.3 Å². The van der Waals surface area contributed by atoms with Gasteiger partial charge in [-0.25, -0.2) is 9.07 Å². The van der Waals surface area contributed by atoms with Gasteiger partial charge in [-0.1, -0.05) is 12.1 Å². The highest BCUT2D eigenvalue weighted by Crippen LogP contribution is 2.25. The van der Waals surface area contributed by atoms with Crippen LogP contribution in [0, 0.1) is 11.7 Å². The van der Waals surface area contributed by atoms with E-state index in [2.05, 4.69) is 34.3 Å². The minimum atomic E-state index is -0.497. The van der Waals surface area contributed by atoms with Gasteiger partial charge in [0.25, 0.3) is 0 Å². The van der Waals surface area contributed by atoms with Crippen molar-refractivity contribution in [3.8, 4) is 11.4 Å². The number of hydrogen-bond acceptors (Lipinski definition) is 4. The maximum atomic E-state index is 14.0. The molecule has 0 unspecified atom stereocenters. The highest BCUT2D eigenvalue weighted by atomic mass is 19.1. The second-order valence-electron chi connectivity index (χ2n) is 7.40. The third kappa shape index (κ3) is 4.38. The topological polar surface area (TPSA) is 47.4 Å². The average Bonchev–Trinajstić information content (AvgIpc) is 3.29. The minimum absolute atomic E-state index is 0.00489. The van der Waals surface area contributed by atoms with Gasteiger partial charge in [0.2, 0.25) is 0 Å². The fraction of sp³-hybridized carbons (Fsp3) is 0.304. The van der Waals surface area contributed by atoms with Crippen LogP contribution in [0.15, 0.2) is 60.9 Å². The van der Waals surface area contributed by atoms with E-state index >= 15 is 0 Å². The van der Waals surface area contributed by atoms with Crippen LogP contribution in [0.25, 0.3) is 5.69 Å². The molecule has 1 aromatic heterocycles. The third-order valence-electron chi connectivity index (χ3n) is 5.42. The lowest BCUT2D eigenvalue weighted by atomic mass is 9.89. The van der Waals surface area contributed by atoms with Crippen molar-refractivity contribution >= 4 is 5.78 Å². The predicted octanol–water partition coefficient (Wildman–Crippen LogP) is 4.11. The molecule has 5 nitrogen and oxygen atoms in total. The zero-order chi connectivity index (χ0) is 20.2. The Kier molecular flexibility index (Phi) is 5.71. The van der Waals surface area contributed by atoms with Crippen LogP contribution in [-0.4, -0.2) is 40.7 Å². The minimum Gasteiger partial charge on any atom is -0.494 e. The lowest BCUT2D eigenvalue weighted by Crippen LogP contribution is -2.38. The summed E-state index contributed by atoms with van der Waals surface area (Å²) >= 11 is 0. The van der Waals surface area contributed by atoms with Crippen LogP contribution in [0.1, 0.15) is 28.8 Å². The fourth-order valence-corrected chi connectivity index (χ4v) is 3.90. The van der Waals surface area contributed by atoms with Crippen molar-refractivity contribution < 1.29 is 13.9 Å². The second-order valence-corrected chi connectivity index (χ2v) is 7.40.